The number of aromatic nitrogens is 3. The van der Waals surface area contributed by atoms with Gasteiger partial charge in [0.2, 0.25) is 5.91 Å². The van der Waals surface area contributed by atoms with Gasteiger partial charge in [-0.05, 0) is 45.9 Å². The van der Waals surface area contributed by atoms with Crippen LogP contribution in [-0.4, -0.2) is 44.6 Å². The van der Waals surface area contributed by atoms with Crippen LogP contribution in [0, 0.1) is 6.92 Å². The highest BCUT2D eigenvalue weighted by Gasteiger charge is 2.22. The molecule has 3 aromatic rings. The number of carbonyl (C=O) groups is 2. The normalized spacial score (nSPS) is 11.2. The fourth-order valence-electron chi connectivity index (χ4n) is 3.13. The van der Waals surface area contributed by atoms with Gasteiger partial charge in [-0.1, -0.05) is 29.3 Å². The number of amides is 2. The van der Waals surface area contributed by atoms with Gasteiger partial charge < -0.3 is 10.2 Å². The van der Waals surface area contributed by atoms with Gasteiger partial charge in [0.1, 0.15) is 6.54 Å². The number of benzene rings is 1. The lowest BCUT2D eigenvalue weighted by Crippen LogP contribution is -2.38. The van der Waals surface area contributed by atoms with E-state index in [4.69, 9.17) is 23.2 Å². The average molecular weight is 448 g/mol. The number of likely N-dealkylation sites (N-methyl/N-ethyl adjacent to an activating group) is 1. The molecule has 0 aliphatic heterocycles. The minimum Gasteiger partial charge on any atom is -0.330 e. The number of rotatable bonds is 6. The van der Waals surface area contributed by atoms with Crippen molar-refractivity contribution in [1.29, 1.82) is 0 Å². The third kappa shape index (κ3) is 4.42. The van der Waals surface area contributed by atoms with Crippen molar-refractivity contribution in [2.45, 2.75) is 33.7 Å². The molecule has 0 unspecified atom stereocenters. The first-order valence-corrected chi connectivity index (χ1v) is 10.4. The first kappa shape index (κ1) is 22.1. The molecule has 0 saturated heterocycles. The van der Waals surface area contributed by atoms with Crippen molar-refractivity contribution in [3.05, 3.63) is 51.8 Å². The average Bonchev–Trinajstić information content (AvgIpc) is 3.11. The highest BCUT2D eigenvalue weighted by atomic mass is 35.5. The largest absolute Gasteiger partial charge is 0.330 e. The Balaban J connectivity index is 1.82. The molecule has 0 aliphatic rings. The molecule has 0 bridgehead atoms. The van der Waals surface area contributed by atoms with E-state index in [1.165, 1.54) is 4.90 Å². The lowest BCUT2D eigenvalue weighted by atomic mass is 10.1. The predicted octanol–water partition coefficient (Wildman–Crippen LogP) is 4.73. The topological polar surface area (TPSA) is 80.1 Å². The Morgan fingerprint density at radius 2 is 1.90 bits per heavy atom. The fraction of sp³-hybridized carbons (Fsp3) is 0.333. The zero-order chi connectivity index (χ0) is 22.0. The van der Waals surface area contributed by atoms with E-state index in [1.807, 2.05) is 25.5 Å². The molecular formula is C21H23Cl2N5O2. The van der Waals surface area contributed by atoms with Gasteiger partial charge in [-0.3, -0.25) is 9.59 Å². The summed E-state index contributed by atoms with van der Waals surface area (Å²) in [5.41, 5.74) is 2.09. The van der Waals surface area contributed by atoms with Gasteiger partial charge in [-0.15, -0.1) is 0 Å². The Kier molecular flexibility index (Phi) is 6.63. The van der Waals surface area contributed by atoms with Crippen molar-refractivity contribution < 1.29 is 9.59 Å². The van der Waals surface area contributed by atoms with Gasteiger partial charge in [0.15, 0.2) is 5.65 Å². The zero-order valence-corrected chi connectivity index (χ0v) is 18.8. The van der Waals surface area contributed by atoms with E-state index in [0.29, 0.717) is 33.5 Å². The van der Waals surface area contributed by atoms with Crippen LogP contribution in [0.4, 0.5) is 5.69 Å². The van der Waals surface area contributed by atoms with E-state index in [1.54, 1.807) is 37.4 Å². The van der Waals surface area contributed by atoms with E-state index in [9.17, 15) is 9.59 Å². The SMILES string of the molecule is CCN(CC(=O)Nc1c(Cl)cccc1Cl)C(=O)c1cc2cnn(C(C)C)c2nc1C. The molecule has 9 heteroatoms. The molecule has 0 spiro atoms. The van der Waals surface area contributed by atoms with E-state index in [2.05, 4.69) is 15.4 Å². The number of anilines is 1. The molecular weight excluding hydrogens is 425 g/mol. The monoisotopic (exact) mass is 447 g/mol. The summed E-state index contributed by atoms with van der Waals surface area (Å²) < 4.78 is 1.81. The Bertz CT molecular complexity index is 1090. The molecule has 0 saturated carbocycles. The molecule has 2 aromatic heterocycles. The number of fused-ring (bicyclic) bond motifs is 1. The Labute approximate surface area is 185 Å². The van der Waals surface area contributed by atoms with Crippen LogP contribution in [0.15, 0.2) is 30.5 Å². The standard InChI is InChI=1S/C21H23Cl2N5O2/c1-5-27(11-18(29)26-19-16(22)7-6-8-17(19)23)21(30)15-9-14-10-24-28(12(2)3)20(14)25-13(15)4/h6-10,12H,5,11H2,1-4H3,(H,26,29). The van der Waals surface area contributed by atoms with E-state index >= 15 is 0 Å². The van der Waals surface area contributed by atoms with Crippen LogP contribution in [0.3, 0.4) is 0 Å². The number of hydrogen-bond donors (Lipinski definition) is 1. The number of hydrogen-bond acceptors (Lipinski definition) is 4. The molecule has 7 nitrogen and oxygen atoms in total. The molecule has 30 heavy (non-hydrogen) atoms. The fourth-order valence-corrected chi connectivity index (χ4v) is 3.62. The summed E-state index contributed by atoms with van der Waals surface area (Å²) in [7, 11) is 0. The maximum Gasteiger partial charge on any atom is 0.256 e. The maximum atomic E-state index is 13.1. The van der Waals surface area contributed by atoms with Crippen LogP contribution in [0.25, 0.3) is 11.0 Å². The van der Waals surface area contributed by atoms with Crippen LogP contribution in [0.2, 0.25) is 10.0 Å². The summed E-state index contributed by atoms with van der Waals surface area (Å²) in [6.07, 6.45) is 1.70. The molecule has 0 fully saturated rings. The number of halogens is 2. The number of nitrogens with one attached hydrogen (secondary N) is 1. The molecule has 3 rings (SSSR count). The number of carbonyl (C=O) groups excluding carboxylic acids is 2. The van der Waals surface area contributed by atoms with E-state index in [0.717, 1.165) is 11.0 Å². The Morgan fingerprint density at radius 3 is 2.50 bits per heavy atom. The molecule has 0 radical (unpaired) electrons. The molecule has 1 N–H and O–H groups in total. The molecule has 2 heterocycles. The second-order valence-electron chi connectivity index (χ2n) is 7.18. The van der Waals surface area contributed by atoms with Gasteiger partial charge >= 0.3 is 0 Å². The van der Waals surface area contributed by atoms with Crippen LogP contribution in [0.1, 0.15) is 42.9 Å². The lowest BCUT2D eigenvalue weighted by molar-refractivity contribution is -0.116. The molecule has 2 amide bonds. The van der Waals surface area contributed by atoms with Crippen LogP contribution in [0.5, 0.6) is 0 Å². The van der Waals surface area contributed by atoms with Gasteiger partial charge in [0.05, 0.1) is 33.2 Å². The summed E-state index contributed by atoms with van der Waals surface area (Å²) in [6, 6.07) is 6.89. The summed E-state index contributed by atoms with van der Waals surface area (Å²) in [5.74, 6) is -0.665. The van der Waals surface area contributed by atoms with Crippen LogP contribution in [-0.2, 0) is 4.79 Å². The van der Waals surface area contributed by atoms with Gasteiger partial charge in [-0.2, -0.15) is 5.10 Å². The van der Waals surface area contributed by atoms with Crippen molar-refractivity contribution in [3.8, 4) is 0 Å². The minimum absolute atomic E-state index is 0.139. The lowest BCUT2D eigenvalue weighted by Gasteiger charge is -2.21. The highest BCUT2D eigenvalue weighted by Crippen LogP contribution is 2.29. The first-order valence-electron chi connectivity index (χ1n) is 9.60. The quantitative estimate of drug-likeness (QED) is 0.592. The van der Waals surface area contributed by atoms with Crippen molar-refractivity contribution in [2.75, 3.05) is 18.4 Å². The summed E-state index contributed by atoms with van der Waals surface area (Å²) in [5, 5.41) is 8.48. The number of nitrogens with zero attached hydrogens (tertiary/aromatic N) is 4. The van der Waals surface area contributed by atoms with E-state index in [-0.39, 0.29) is 24.4 Å². The molecule has 1 aromatic carbocycles. The predicted molar refractivity (Wildman–Crippen MR) is 119 cm³/mol. The van der Waals surface area contributed by atoms with Gasteiger partial charge in [-0.25, -0.2) is 9.67 Å². The van der Waals surface area contributed by atoms with Crippen LogP contribution < -0.4 is 5.32 Å². The van der Waals surface area contributed by atoms with Gasteiger partial charge in [0.25, 0.3) is 5.91 Å². The third-order valence-electron chi connectivity index (χ3n) is 4.71. The number of aryl methyl sites for hydroxylation is 1. The smallest absolute Gasteiger partial charge is 0.256 e. The number of pyridine rings is 1. The van der Waals surface area contributed by atoms with Gasteiger partial charge in [0, 0.05) is 18.0 Å². The second-order valence-corrected chi connectivity index (χ2v) is 8.00. The van der Waals surface area contributed by atoms with Crippen molar-refractivity contribution >= 4 is 51.7 Å². The highest BCUT2D eigenvalue weighted by molar-refractivity contribution is 6.39. The van der Waals surface area contributed by atoms with Crippen molar-refractivity contribution in [3.63, 3.8) is 0 Å². The third-order valence-corrected chi connectivity index (χ3v) is 5.34. The Morgan fingerprint density at radius 1 is 1.23 bits per heavy atom. The minimum atomic E-state index is -0.389. The van der Waals surface area contributed by atoms with E-state index < -0.39 is 0 Å². The summed E-state index contributed by atoms with van der Waals surface area (Å²) >= 11 is 12.2. The van der Waals surface area contributed by atoms with Crippen molar-refractivity contribution in [2.24, 2.45) is 0 Å². The Hall–Kier alpha value is -2.64. The molecule has 158 valence electrons. The second kappa shape index (κ2) is 9.02. The summed E-state index contributed by atoms with van der Waals surface area (Å²) in [6.45, 7) is 7.84. The maximum absolute atomic E-state index is 13.1. The van der Waals surface area contributed by atoms with Crippen LogP contribution >= 0.6 is 23.2 Å². The molecule has 0 atom stereocenters. The first-order chi connectivity index (χ1) is 14.2. The number of para-hydroxylation sites is 1. The molecule has 0 aliphatic carbocycles. The summed E-state index contributed by atoms with van der Waals surface area (Å²) in [4.78, 5) is 31.7. The zero-order valence-electron chi connectivity index (χ0n) is 17.2. The van der Waals surface area contributed by atoms with Crippen molar-refractivity contribution in [1.82, 2.24) is 19.7 Å².